The molecule has 0 saturated carbocycles. The molecule has 0 fully saturated rings. The highest BCUT2D eigenvalue weighted by Crippen LogP contribution is 2.38. The van der Waals surface area contributed by atoms with Crippen LogP contribution in [-0.4, -0.2) is 17.7 Å². The Bertz CT molecular complexity index is 401. The van der Waals surface area contributed by atoms with E-state index < -0.39 is 5.97 Å². The molecule has 1 N–H and O–H groups in total. The van der Waals surface area contributed by atoms with Crippen molar-refractivity contribution in [1.29, 1.82) is 0 Å². The van der Waals surface area contributed by atoms with Gasteiger partial charge in [0.25, 0.3) is 0 Å². The van der Waals surface area contributed by atoms with Crippen LogP contribution in [0.25, 0.3) is 0 Å². The SMILES string of the molecule is CCCC(c1ccc(OCC(=O)O)cc1)C(C)(C)C. The molecule has 1 rings (SSSR count). The van der Waals surface area contributed by atoms with Crippen LogP contribution in [0.4, 0.5) is 0 Å². The summed E-state index contributed by atoms with van der Waals surface area (Å²) in [5.74, 6) is 0.156. The van der Waals surface area contributed by atoms with Gasteiger partial charge in [-0.2, -0.15) is 0 Å². The largest absolute Gasteiger partial charge is 0.482 e. The maximum absolute atomic E-state index is 10.4. The van der Waals surface area contributed by atoms with Gasteiger partial charge in [-0.15, -0.1) is 0 Å². The molecule has 0 spiro atoms. The van der Waals surface area contributed by atoms with Crippen LogP contribution in [0.2, 0.25) is 0 Å². The molecular weight excluding hydrogens is 240 g/mol. The van der Waals surface area contributed by atoms with Crippen molar-refractivity contribution in [2.45, 2.75) is 46.5 Å². The van der Waals surface area contributed by atoms with Crippen LogP contribution in [0, 0.1) is 5.41 Å². The second kappa shape index (κ2) is 6.60. The molecule has 0 heterocycles. The number of benzene rings is 1. The van der Waals surface area contributed by atoms with E-state index in [4.69, 9.17) is 9.84 Å². The van der Waals surface area contributed by atoms with Gasteiger partial charge in [-0.1, -0.05) is 46.2 Å². The zero-order valence-corrected chi connectivity index (χ0v) is 12.3. The maximum atomic E-state index is 10.4. The van der Waals surface area contributed by atoms with E-state index in [1.165, 1.54) is 5.56 Å². The number of hydrogen-bond donors (Lipinski definition) is 1. The van der Waals surface area contributed by atoms with E-state index in [1.54, 1.807) is 0 Å². The van der Waals surface area contributed by atoms with Gasteiger partial charge >= 0.3 is 5.97 Å². The molecule has 0 aliphatic rings. The third-order valence-electron chi connectivity index (χ3n) is 3.27. The summed E-state index contributed by atoms with van der Waals surface area (Å²) >= 11 is 0. The summed E-state index contributed by atoms with van der Waals surface area (Å²) < 4.78 is 5.15. The molecule has 0 aromatic heterocycles. The van der Waals surface area contributed by atoms with Crippen LogP contribution in [0.5, 0.6) is 5.75 Å². The Kier molecular flexibility index (Phi) is 5.40. The van der Waals surface area contributed by atoms with Gasteiger partial charge in [0.05, 0.1) is 0 Å². The van der Waals surface area contributed by atoms with Crippen LogP contribution in [0.15, 0.2) is 24.3 Å². The topological polar surface area (TPSA) is 46.5 Å². The molecule has 0 bridgehead atoms. The Morgan fingerprint density at radius 3 is 2.26 bits per heavy atom. The van der Waals surface area contributed by atoms with Crippen LogP contribution in [-0.2, 0) is 4.79 Å². The quantitative estimate of drug-likeness (QED) is 0.842. The number of ether oxygens (including phenoxy) is 1. The van der Waals surface area contributed by atoms with Crippen molar-refractivity contribution in [3.8, 4) is 5.75 Å². The van der Waals surface area contributed by atoms with Crippen molar-refractivity contribution in [2.75, 3.05) is 6.61 Å². The maximum Gasteiger partial charge on any atom is 0.341 e. The summed E-state index contributed by atoms with van der Waals surface area (Å²) in [7, 11) is 0. The summed E-state index contributed by atoms with van der Waals surface area (Å²) in [5, 5.41) is 8.57. The Hall–Kier alpha value is -1.51. The van der Waals surface area contributed by atoms with E-state index in [0.717, 1.165) is 12.8 Å². The second-order valence-corrected chi connectivity index (χ2v) is 5.96. The molecule has 106 valence electrons. The normalized spacial score (nSPS) is 13.1. The third-order valence-corrected chi connectivity index (χ3v) is 3.27. The lowest BCUT2D eigenvalue weighted by Crippen LogP contribution is -2.18. The summed E-state index contributed by atoms with van der Waals surface area (Å²) in [6.07, 6.45) is 2.30. The molecule has 0 saturated heterocycles. The Morgan fingerprint density at radius 1 is 1.26 bits per heavy atom. The molecule has 0 aliphatic carbocycles. The van der Waals surface area contributed by atoms with Crippen molar-refractivity contribution in [3.05, 3.63) is 29.8 Å². The van der Waals surface area contributed by atoms with Gasteiger partial charge < -0.3 is 9.84 Å². The number of rotatable bonds is 6. The Labute approximate surface area is 115 Å². The van der Waals surface area contributed by atoms with Gasteiger partial charge in [0.1, 0.15) is 5.75 Å². The van der Waals surface area contributed by atoms with Gasteiger partial charge in [-0.05, 0) is 35.4 Å². The zero-order valence-electron chi connectivity index (χ0n) is 12.3. The minimum atomic E-state index is -0.956. The van der Waals surface area contributed by atoms with E-state index in [9.17, 15) is 4.79 Å². The predicted octanol–water partition coefficient (Wildman–Crippen LogP) is 4.08. The second-order valence-electron chi connectivity index (χ2n) is 5.96. The number of carboxylic acid groups (broad SMARTS) is 1. The van der Waals surface area contributed by atoms with Gasteiger partial charge in [0.15, 0.2) is 6.61 Å². The smallest absolute Gasteiger partial charge is 0.341 e. The third kappa shape index (κ3) is 4.93. The fourth-order valence-electron chi connectivity index (χ4n) is 2.33. The molecular formula is C16H24O3. The van der Waals surface area contributed by atoms with Gasteiger partial charge in [-0.25, -0.2) is 4.79 Å². The molecule has 0 aliphatic heterocycles. The first-order valence-corrected chi connectivity index (χ1v) is 6.79. The van der Waals surface area contributed by atoms with Crippen LogP contribution in [0.1, 0.15) is 52.0 Å². The fourth-order valence-corrected chi connectivity index (χ4v) is 2.33. The average molecular weight is 264 g/mol. The summed E-state index contributed by atoms with van der Waals surface area (Å²) in [6, 6.07) is 7.80. The van der Waals surface area contributed by atoms with Crippen LogP contribution < -0.4 is 4.74 Å². The fraction of sp³-hybridized carbons (Fsp3) is 0.562. The van der Waals surface area contributed by atoms with Crippen molar-refractivity contribution in [1.82, 2.24) is 0 Å². The number of aliphatic carboxylic acids is 1. The van der Waals surface area contributed by atoms with E-state index in [-0.39, 0.29) is 12.0 Å². The minimum Gasteiger partial charge on any atom is -0.482 e. The first-order valence-electron chi connectivity index (χ1n) is 6.79. The molecule has 1 aromatic carbocycles. The molecule has 3 heteroatoms. The van der Waals surface area contributed by atoms with Gasteiger partial charge in [-0.3, -0.25) is 0 Å². The lowest BCUT2D eigenvalue weighted by Gasteiger charge is -2.31. The minimum absolute atomic E-state index is 0.222. The highest BCUT2D eigenvalue weighted by atomic mass is 16.5. The lowest BCUT2D eigenvalue weighted by molar-refractivity contribution is -0.139. The molecule has 1 aromatic rings. The number of carboxylic acids is 1. The molecule has 0 amide bonds. The molecule has 19 heavy (non-hydrogen) atoms. The first-order chi connectivity index (χ1) is 8.84. The number of hydrogen-bond acceptors (Lipinski definition) is 2. The van der Waals surface area contributed by atoms with Crippen molar-refractivity contribution in [3.63, 3.8) is 0 Å². The van der Waals surface area contributed by atoms with Crippen molar-refractivity contribution in [2.24, 2.45) is 5.41 Å². The van der Waals surface area contributed by atoms with E-state index >= 15 is 0 Å². The summed E-state index contributed by atoms with van der Waals surface area (Å²) in [6.45, 7) is 8.66. The molecule has 1 atom stereocenters. The summed E-state index contributed by atoms with van der Waals surface area (Å²) in [5.41, 5.74) is 1.51. The van der Waals surface area contributed by atoms with Crippen LogP contribution >= 0.6 is 0 Å². The highest BCUT2D eigenvalue weighted by Gasteiger charge is 2.25. The Balaban J connectivity index is 2.80. The molecule has 3 nitrogen and oxygen atoms in total. The van der Waals surface area contributed by atoms with Crippen molar-refractivity contribution >= 4 is 5.97 Å². The monoisotopic (exact) mass is 264 g/mol. The molecule has 1 unspecified atom stereocenters. The van der Waals surface area contributed by atoms with E-state index in [0.29, 0.717) is 11.7 Å². The van der Waals surface area contributed by atoms with Crippen LogP contribution in [0.3, 0.4) is 0 Å². The van der Waals surface area contributed by atoms with Gasteiger partial charge in [0.2, 0.25) is 0 Å². The standard InChI is InChI=1S/C16H24O3/c1-5-6-14(16(2,3)4)12-7-9-13(10-8-12)19-11-15(17)18/h7-10,14H,5-6,11H2,1-4H3,(H,17,18). The average Bonchev–Trinajstić information content (AvgIpc) is 2.33. The zero-order chi connectivity index (χ0) is 14.5. The first kappa shape index (κ1) is 15.5. The number of carbonyl (C=O) groups is 1. The van der Waals surface area contributed by atoms with E-state index in [1.807, 2.05) is 24.3 Å². The highest BCUT2D eigenvalue weighted by molar-refractivity contribution is 5.68. The van der Waals surface area contributed by atoms with E-state index in [2.05, 4.69) is 27.7 Å². The van der Waals surface area contributed by atoms with Gasteiger partial charge in [0, 0.05) is 0 Å². The predicted molar refractivity (Wildman–Crippen MR) is 76.7 cm³/mol. The Morgan fingerprint density at radius 2 is 1.84 bits per heavy atom. The lowest BCUT2D eigenvalue weighted by atomic mass is 9.74. The molecule has 0 radical (unpaired) electrons. The summed E-state index contributed by atoms with van der Waals surface area (Å²) in [4.78, 5) is 10.4. The van der Waals surface area contributed by atoms with Crippen molar-refractivity contribution < 1.29 is 14.6 Å².